The van der Waals surface area contributed by atoms with Crippen molar-refractivity contribution >= 4 is 5.91 Å². The number of hydrogen-bond donors (Lipinski definition) is 1. The van der Waals surface area contributed by atoms with Crippen molar-refractivity contribution in [1.29, 1.82) is 0 Å². The van der Waals surface area contributed by atoms with Crippen LogP contribution in [0.5, 0.6) is 0 Å². The molecule has 8 heteroatoms. The highest BCUT2D eigenvalue weighted by Gasteiger charge is 2.32. The maximum atomic E-state index is 13.0. The molecule has 3 heterocycles. The van der Waals surface area contributed by atoms with E-state index >= 15 is 0 Å². The third kappa shape index (κ3) is 4.06. The van der Waals surface area contributed by atoms with Crippen molar-refractivity contribution in [3.63, 3.8) is 0 Å². The van der Waals surface area contributed by atoms with E-state index in [1.165, 1.54) is 0 Å². The predicted octanol–water partition coefficient (Wildman–Crippen LogP) is 2.34. The van der Waals surface area contributed by atoms with Crippen LogP contribution in [0.2, 0.25) is 0 Å². The number of ether oxygens (including phenoxy) is 2. The van der Waals surface area contributed by atoms with Gasteiger partial charge in [-0.3, -0.25) is 9.48 Å². The zero-order chi connectivity index (χ0) is 19.6. The molecule has 0 spiro atoms. The minimum Gasteiger partial charge on any atom is -0.444 e. The van der Waals surface area contributed by atoms with Gasteiger partial charge in [0, 0.05) is 25.5 Å². The summed E-state index contributed by atoms with van der Waals surface area (Å²) in [5.74, 6) is 1.19. The smallest absolute Gasteiger partial charge is 0.270 e. The highest BCUT2D eigenvalue weighted by Crippen LogP contribution is 2.31. The standard InChI is InChI=1S/C19H28N4O4/c1-6-16-21-12(3)15(27-16)10-20-19(24)18-14-9-11(2)26-13(4)17(14)22-23(18)7-8-25-5/h11,13H,6-10H2,1-5H3,(H,20,24)/t11-,13+/m1/s1. The number of carbonyl (C=O) groups excluding carboxylic acids is 1. The monoisotopic (exact) mass is 376 g/mol. The van der Waals surface area contributed by atoms with Crippen LogP contribution >= 0.6 is 0 Å². The molecule has 2 aromatic rings. The van der Waals surface area contributed by atoms with Gasteiger partial charge in [0.05, 0.1) is 43.3 Å². The molecule has 0 aromatic carbocycles. The number of hydrogen-bond acceptors (Lipinski definition) is 6. The molecule has 0 saturated heterocycles. The second kappa shape index (κ2) is 8.22. The summed E-state index contributed by atoms with van der Waals surface area (Å²) in [4.78, 5) is 17.4. The van der Waals surface area contributed by atoms with Crippen LogP contribution in [0.15, 0.2) is 4.42 Å². The predicted molar refractivity (Wildman–Crippen MR) is 98.6 cm³/mol. The number of rotatable bonds is 7. The first kappa shape index (κ1) is 19.6. The van der Waals surface area contributed by atoms with Gasteiger partial charge in [0.25, 0.3) is 5.91 Å². The van der Waals surface area contributed by atoms with Crippen molar-refractivity contribution in [3.05, 3.63) is 34.3 Å². The molecule has 0 radical (unpaired) electrons. The number of fused-ring (bicyclic) bond motifs is 1. The van der Waals surface area contributed by atoms with Gasteiger partial charge in [-0.1, -0.05) is 6.92 Å². The highest BCUT2D eigenvalue weighted by atomic mass is 16.5. The maximum absolute atomic E-state index is 13.0. The van der Waals surface area contributed by atoms with Crippen molar-refractivity contribution in [2.24, 2.45) is 0 Å². The number of carbonyl (C=O) groups is 1. The van der Waals surface area contributed by atoms with Crippen LogP contribution in [0.1, 0.15) is 66.0 Å². The summed E-state index contributed by atoms with van der Waals surface area (Å²) in [5.41, 5.74) is 3.17. The lowest BCUT2D eigenvalue weighted by atomic mass is 9.99. The normalized spacial score (nSPS) is 19.1. The Morgan fingerprint density at radius 2 is 2.19 bits per heavy atom. The minimum absolute atomic E-state index is 0.0442. The fourth-order valence-corrected chi connectivity index (χ4v) is 3.44. The molecule has 148 valence electrons. The summed E-state index contributed by atoms with van der Waals surface area (Å²) in [6.45, 7) is 9.13. The maximum Gasteiger partial charge on any atom is 0.270 e. The van der Waals surface area contributed by atoms with Crippen molar-refractivity contribution in [2.75, 3.05) is 13.7 Å². The van der Waals surface area contributed by atoms with Gasteiger partial charge in [0.2, 0.25) is 0 Å². The van der Waals surface area contributed by atoms with Gasteiger partial charge < -0.3 is 19.2 Å². The van der Waals surface area contributed by atoms with E-state index in [2.05, 4.69) is 15.4 Å². The Morgan fingerprint density at radius 3 is 2.85 bits per heavy atom. The van der Waals surface area contributed by atoms with Crippen molar-refractivity contribution in [3.8, 4) is 0 Å². The molecular formula is C19H28N4O4. The number of aromatic nitrogens is 3. The molecular weight excluding hydrogens is 348 g/mol. The molecule has 0 aliphatic carbocycles. The van der Waals surface area contributed by atoms with E-state index in [1.807, 2.05) is 27.7 Å². The summed E-state index contributed by atoms with van der Waals surface area (Å²) >= 11 is 0. The number of nitrogens with one attached hydrogen (secondary N) is 1. The fraction of sp³-hybridized carbons (Fsp3) is 0.632. The van der Waals surface area contributed by atoms with Crippen LogP contribution in [0, 0.1) is 6.92 Å². The number of oxazole rings is 1. The number of nitrogens with zero attached hydrogens (tertiary/aromatic N) is 3. The Labute approximate surface area is 159 Å². The van der Waals surface area contributed by atoms with E-state index in [1.54, 1.807) is 11.8 Å². The van der Waals surface area contributed by atoms with Crippen molar-refractivity contribution in [2.45, 2.75) is 65.8 Å². The third-order valence-corrected chi connectivity index (χ3v) is 4.77. The van der Waals surface area contributed by atoms with Crippen LogP contribution in [0.25, 0.3) is 0 Å². The Bertz CT molecular complexity index is 811. The van der Waals surface area contributed by atoms with Gasteiger partial charge in [-0.25, -0.2) is 4.98 Å². The SMILES string of the molecule is CCc1nc(C)c(CNC(=O)c2c3c(nn2CCOC)[C@H](C)O[C@H](C)C3)o1. The molecule has 1 aliphatic rings. The zero-order valence-corrected chi connectivity index (χ0v) is 16.7. The molecule has 0 saturated carbocycles. The summed E-state index contributed by atoms with van der Waals surface area (Å²) in [7, 11) is 1.63. The van der Waals surface area contributed by atoms with Gasteiger partial charge in [0.15, 0.2) is 5.89 Å². The first-order chi connectivity index (χ1) is 12.9. The van der Waals surface area contributed by atoms with Crippen LogP contribution in [0.4, 0.5) is 0 Å². The van der Waals surface area contributed by atoms with Crippen molar-refractivity contribution < 1.29 is 18.7 Å². The molecule has 0 unspecified atom stereocenters. The Morgan fingerprint density at radius 1 is 1.41 bits per heavy atom. The number of amides is 1. The summed E-state index contributed by atoms with van der Waals surface area (Å²) < 4.78 is 18.5. The summed E-state index contributed by atoms with van der Waals surface area (Å²) in [5, 5.41) is 7.59. The van der Waals surface area contributed by atoms with E-state index in [4.69, 9.17) is 13.9 Å². The van der Waals surface area contributed by atoms with Gasteiger partial charge in [-0.2, -0.15) is 5.10 Å². The third-order valence-electron chi connectivity index (χ3n) is 4.77. The van der Waals surface area contributed by atoms with E-state index in [0.717, 1.165) is 23.4 Å². The minimum atomic E-state index is -0.171. The van der Waals surface area contributed by atoms with Gasteiger partial charge in [0.1, 0.15) is 11.5 Å². The van der Waals surface area contributed by atoms with Gasteiger partial charge in [-0.15, -0.1) is 0 Å². The topological polar surface area (TPSA) is 91.4 Å². The average molecular weight is 376 g/mol. The first-order valence-corrected chi connectivity index (χ1v) is 9.41. The quantitative estimate of drug-likeness (QED) is 0.797. The lowest BCUT2D eigenvalue weighted by Crippen LogP contribution is -2.29. The molecule has 27 heavy (non-hydrogen) atoms. The fourth-order valence-electron chi connectivity index (χ4n) is 3.44. The molecule has 1 N–H and O–H groups in total. The molecule has 0 bridgehead atoms. The van der Waals surface area contributed by atoms with Crippen LogP contribution in [-0.4, -0.2) is 40.5 Å². The summed E-state index contributed by atoms with van der Waals surface area (Å²) in [6.07, 6.45) is 1.30. The Kier molecular flexibility index (Phi) is 5.96. The number of methoxy groups -OCH3 is 1. The Hall–Kier alpha value is -2.19. The largest absolute Gasteiger partial charge is 0.444 e. The Balaban J connectivity index is 1.84. The van der Waals surface area contributed by atoms with Crippen molar-refractivity contribution in [1.82, 2.24) is 20.1 Å². The summed E-state index contributed by atoms with van der Waals surface area (Å²) in [6, 6.07) is 0. The van der Waals surface area contributed by atoms with Crippen LogP contribution in [0.3, 0.4) is 0 Å². The first-order valence-electron chi connectivity index (χ1n) is 9.41. The second-order valence-corrected chi connectivity index (χ2v) is 6.87. The van der Waals surface area contributed by atoms with Crippen LogP contribution < -0.4 is 5.32 Å². The van der Waals surface area contributed by atoms with E-state index in [0.29, 0.717) is 43.5 Å². The molecule has 8 nitrogen and oxygen atoms in total. The van der Waals surface area contributed by atoms with Gasteiger partial charge in [-0.05, 0) is 20.8 Å². The average Bonchev–Trinajstić information content (AvgIpc) is 3.18. The molecule has 3 rings (SSSR count). The van der Waals surface area contributed by atoms with E-state index in [9.17, 15) is 4.79 Å². The van der Waals surface area contributed by atoms with Gasteiger partial charge >= 0.3 is 0 Å². The lowest BCUT2D eigenvalue weighted by molar-refractivity contribution is -0.00716. The molecule has 2 aromatic heterocycles. The molecule has 0 fully saturated rings. The van der Waals surface area contributed by atoms with Crippen LogP contribution in [-0.2, 0) is 35.4 Å². The van der Waals surface area contributed by atoms with E-state index < -0.39 is 0 Å². The van der Waals surface area contributed by atoms with E-state index in [-0.39, 0.29) is 18.1 Å². The highest BCUT2D eigenvalue weighted by molar-refractivity contribution is 5.94. The second-order valence-electron chi connectivity index (χ2n) is 6.87. The lowest BCUT2D eigenvalue weighted by Gasteiger charge is -2.24. The number of aryl methyl sites for hydroxylation is 2. The molecule has 2 atom stereocenters. The molecule has 1 amide bonds. The molecule has 1 aliphatic heterocycles. The zero-order valence-electron chi connectivity index (χ0n) is 16.7.